The minimum atomic E-state index is 0. The molecule has 0 unspecified atom stereocenters. The van der Waals surface area contributed by atoms with Gasteiger partial charge in [-0.15, -0.1) is 6.20 Å². The third-order valence-electron chi connectivity index (χ3n) is 1.82. The monoisotopic (exact) mass is 313 g/mol. The average molecular weight is 313 g/mol. The van der Waals surface area contributed by atoms with Crippen molar-refractivity contribution in [1.29, 1.82) is 0 Å². The summed E-state index contributed by atoms with van der Waals surface area (Å²) >= 11 is 0. The van der Waals surface area contributed by atoms with E-state index < -0.39 is 0 Å². The van der Waals surface area contributed by atoms with Gasteiger partial charge in [0.2, 0.25) is 0 Å². The second-order valence-corrected chi connectivity index (χ2v) is 3.53. The van der Waals surface area contributed by atoms with Crippen LogP contribution < -0.4 is 0 Å². The van der Waals surface area contributed by atoms with E-state index in [0.29, 0.717) is 0 Å². The Morgan fingerprint density at radius 1 is 1.10 bits per heavy atom. The Kier molecular flexibility index (Phi) is 25.0. The third kappa shape index (κ3) is 19.6. The SMILES string of the molecule is CCO.CCO.CC[c-]1cccc1.Cc1[c-]cc[nH]1.[Ti+2]. The summed E-state index contributed by atoms with van der Waals surface area (Å²) in [4.78, 5) is 2.94. The van der Waals surface area contributed by atoms with Crippen LogP contribution in [-0.2, 0) is 28.1 Å². The molecule has 1 heterocycles. The molecule has 2 rings (SSSR count). The van der Waals surface area contributed by atoms with E-state index >= 15 is 0 Å². The summed E-state index contributed by atoms with van der Waals surface area (Å²) in [7, 11) is 0. The van der Waals surface area contributed by atoms with Gasteiger partial charge in [-0.2, -0.15) is 17.7 Å². The fourth-order valence-electron chi connectivity index (χ4n) is 1.02. The molecule has 3 N–H and O–H groups in total. The largest absolute Gasteiger partial charge is 2.00 e. The molecule has 0 aliphatic heterocycles. The van der Waals surface area contributed by atoms with Crippen molar-refractivity contribution in [3.05, 3.63) is 53.9 Å². The molecule has 0 spiro atoms. The van der Waals surface area contributed by atoms with E-state index in [-0.39, 0.29) is 34.9 Å². The van der Waals surface area contributed by atoms with Crippen molar-refractivity contribution < 1.29 is 31.9 Å². The molecular weight excluding hydrogens is 286 g/mol. The second kappa shape index (κ2) is 20.6. The predicted molar refractivity (Wildman–Crippen MR) is 81.3 cm³/mol. The molecule has 0 amide bonds. The van der Waals surface area contributed by atoms with Crippen LogP contribution in [-0.4, -0.2) is 28.4 Å². The van der Waals surface area contributed by atoms with E-state index in [2.05, 4.69) is 42.2 Å². The van der Waals surface area contributed by atoms with Crippen molar-refractivity contribution in [2.75, 3.05) is 13.2 Å². The van der Waals surface area contributed by atoms with Gasteiger partial charge in [0.05, 0.1) is 0 Å². The smallest absolute Gasteiger partial charge is 0.459 e. The van der Waals surface area contributed by atoms with Gasteiger partial charge in [-0.05, 0) is 20.8 Å². The molecule has 0 fully saturated rings. The van der Waals surface area contributed by atoms with Gasteiger partial charge in [-0.3, -0.25) is 0 Å². The molecule has 0 atom stereocenters. The molecule has 0 radical (unpaired) electrons. The number of aliphatic hydroxyl groups is 2. The zero-order valence-corrected chi connectivity index (χ0v) is 14.5. The fourth-order valence-corrected chi connectivity index (χ4v) is 1.02. The number of hydrogen-bond acceptors (Lipinski definition) is 2. The Morgan fingerprint density at radius 2 is 1.55 bits per heavy atom. The fraction of sp³-hybridized carbons (Fsp3) is 0.438. The summed E-state index contributed by atoms with van der Waals surface area (Å²) in [6.07, 6.45) is 3.02. The van der Waals surface area contributed by atoms with Gasteiger partial charge in [0, 0.05) is 13.2 Å². The predicted octanol–water partition coefficient (Wildman–Crippen LogP) is 3.09. The number of aromatic nitrogens is 1. The summed E-state index contributed by atoms with van der Waals surface area (Å²) in [5, 5.41) is 15.1. The summed E-state index contributed by atoms with van der Waals surface area (Å²) in [5.74, 6) is 0. The average Bonchev–Trinajstić information content (AvgIpc) is 3.04. The molecule has 0 bridgehead atoms. The Hall–Kier alpha value is -0.736. The van der Waals surface area contributed by atoms with Crippen LogP contribution >= 0.6 is 0 Å². The summed E-state index contributed by atoms with van der Waals surface area (Å²) in [5.41, 5.74) is 2.52. The van der Waals surface area contributed by atoms with E-state index in [1.165, 1.54) is 5.56 Å². The molecule has 1 aromatic heterocycles. The number of hydrogen-bond donors (Lipinski definition) is 3. The zero-order valence-electron chi connectivity index (χ0n) is 13.0. The zero-order chi connectivity index (χ0) is 14.9. The van der Waals surface area contributed by atoms with Gasteiger partial charge >= 0.3 is 21.7 Å². The van der Waals surface area contributed by atoms with E-state index in [9.17, 15) is 0 Å². The molecule has 20 heavy (non-hydrogen) atoms. The number of rotatable bonds is 1. The van der Waals surface area contributed by atoms with Crippen LogP contribution in [0, 0.1) is 13.0 Å². The van der Waals surface area contributed by atoms with Crippen molar-refractivity contribution in [3.63, 3.8) is 0 Å². The van der Waals surface area contributed by atoms with E-state index in [1.807, 2.05) is 19.2 Å². The van der Waals surface area contributed by atoms with E-state index in [4.69, 9.17) is 10.2 Å². The van der Waals surface area contributed by atoms with Crippen LogP contribution in [0.2, 0.25) is 0 Å². The van der Waals surface area contributed by atoms with E-state index in [1.54, 1.807) is 13.8 Å². The number of aliphatic hydroxyl groups excluding tert-OH is 2. The number of nitrogens with one attached hydrogen (secondary N) is 1. The maximum Gasteiger partial charge on any atom is 2.00 e. The molecule has 0 saturated heterocycles. The van der Waals surface area contributed by atoms with Crippen molar-refractivity contribution >= 4 is 0 Å². The topological polar surface area (TPSA) is 56.2 Å². The van der Waals surface area contributed by atoms with Crippen LogP contribution in [0.15, 0.2) is 36.5 Å². The number of aryl methyl sites for hydroxylation is 2. The maximum atomic E-state index is 7.57. The van der Waals surface area contributed by atoms with Gasteiger partial charge in [0.25, 0.3) is 0 Å². The Bertz CT molecular complexity index is 329. The van der Waals surface area contributed by atoms with Gasteiger partial charge in [0.15, 0.2) is 0 Å². The summed E-state index contributed by atoms with van der Waals surface area (Å²) in [6, 6.07) is 13.2. The van der Waals surface area contributed by atoms with Crippen molar-refractivity contribution in [3.8, 4) is 0 Å². The van der Waals surface area contributed by atoms with Crippen LogP contribution in [0.25, 0.3) is 0 Å². The first-order valence-electron chi connectivity index (χ1n) is 6.60. The summed E-state index contributed by atoms with van der Waals surface area (Å²) < 4.78 is 0. The third-order valence-corrected chi connectivity index (χ3v) is 1.82. The first kappa shape index (κ1) is 24.3. The van der Waals surface area contributed by atoms with Crippen molar-refractivity contribution in [1.82, 2.24) is 4.98 Å². The minimum absolute atomic E-state index is 0. The normalized spacial score (nSPS) is 7.70. The molecule has 0 aliphatic rings. The molecule has 0 saturated carbocycles. The molecular formula is C16H27NO2Ti. The Labute approximate surface area is 138 Å². The van der Waals surface area contributed by atoms with Crippen molar-refractivity contribution in [2.24, 2.45) is 0 Å². The first-order valence-corrected chi connectivity index (χ1v) is 6.60. The summed E-state index contributed by atoms with van der Waals surface area (Å²) in [6.45, 7) is 8.00. The van der Waals surface area contributed by atoms with Crippen LogP contribution in [0.4, 0.5) is 0 Å². The molecule has 1 aromatic carbocycles. The quantitative estimate of drug-likeness (QED) is 0.560. The molecule has 0 aliphatic carbocycles. The maximum absolute atomic E-state index is 7.57. The standard InChI is InChI=1S/C7H9.C5H6N.2C2H6O.Ti/c1-2-7-5-3-4-6-7;1-5-3-2-4-6-5;2*1-2-3;/h3-6H,2H2,1H3;2,4,6H,1H3;2*3H,2H2,1H3;/q2*-1;;;+2. The van der Waals surface area contributed by atoms with Crippen LogP contribution in [0.1, 0.15) is 32.0 Å². The van der Waals surface area contributed by atoms with E-state index in [0.717, 1.165) is 12.1 Å². The van der Waals surface area contributed by atoms with Gasteiger partial charge in [-0.1, -0.05) is 19.0 Å². The van der Waals surface area contributed by atoms with Gasteiger partial charge in [-0.25, -0.2) is 24.3 Å². The molecule has 3 nitrogen and oxygen atoms in total. The van der Waals surface area contributed by atoms with Crippen LogP contribution in [0.5, 0.6) is 0 Å². The molecule has 2 aromatic rings. The molecule has 4 heteroatoms. The Balaban J connectivity index is -0.000000204. The molecule has 112 valence electrons. The van der Waals surface area contributed by atoms with Gasteiger partial charge < -0.3 is 15.2 Å². The Morgan fingerprint density at radius 3 is 1.70 bits per heavy atom. The first-order chi connectivity index (χ1) is 9.15. The van der Waals surface area contributed by atoms with Crippen LogP contribution in [0.3, 0.4) is 0 Å². The van der Waals surface area contributed by atoms with Gasteiger partial charge in [0.1, 0.15) is 0 Å². The number of aromatic amines is 1. The minimum Gasteiger partial charge on any atom is -0.459 e. The number of H-pyrrole nitrogens is 1. The second-order valence-electron chi connectivity index (χ2n) is 3.53. The van der Waals surface area contributed by atoms with Crippen molar-refractivity contribution in [2.45, 2.75) is 34.1 Å².